The molecule has 0 radical (unpaired) electrons. The molecule has 0 aromatic rings. The second-order valence-electron chi connectivity index (χ2n) is 5.32. The monoisotopic (exact) mass is 240 g/mol. The highest BCUT2D eigenvalue weighted by Gasteiger charge is 2.28. The lowest BCUT2D eigenvalue weighted by Crippen LogP contribution is -2.40. The Morgan fingerprint density at radius 3 is 3.06 bits per heavy atom. The Labute approximate surface area is 103 Å². The molecule has 0 saturated carbocycles. The molecule has 1 amide bonds. The van der Waals surface area contributed by atoms with Crippen molar-refractivity contribution in [1.82, 2.24) is 10.6 Å². The van der Waals surface area contributed by atoms with Crippen LogP contribution in [-0.2, 0) is 9.53 Å². The van der Waals surface area contributed by atoms with Gasteiger partial charge in [0.2, 0.25) is 5.91 Å². The molecule has 17 heavy (non-hydrogen) atoms. The van der Waals surface area contributed by atoms with Crippen LogP contribution in [0.3, 0.4) is 0 Å². The molecule has 2 unspecified atom stereocenters. The van der Waals surface area contributed by atoms with Crippen molar-refractivity contribution in [3.05, 3.63) is 0 Å². The molecule has 3 atom stereocenters. The van der Waals surface area contributed by atoms with E-state index in [0.29, 0.717) is 12.0 Å². The van der Waals surface area contributed by atoms with Crippen molar-refractivity contribution in [1.29, 1.82) is 0 Å². The lowest BCUT2D eigenvalue weighted by Gasteiger charge is -2.27. The van der Waals surface area contributed by atoms with Crippen molar-refractivity contribution >= 4 is 5.91 Å². The van der Waals surface area contributed by atoms with Crippen LogP contribution in [0.5, 0.6) is 0 Å². The van der Waals surface area contributed by atoms with E-state index in [-0.39, 0.29) is 11.8 Å². The highest BCUT2D eigenvalue weighted by atomic mass is 16.5. The Morgan fingerprint density at radius 2 is 2.35 bits per heavy atom. The minimum atomic E-state index is 0.153. The van der Waals surface area contributed by atoms with Crippen molar-refractivity contribution in [3.8, 4) is 0 Å². The van der Waals surface area contributed by atoms with Gasteiger partial charge in [-0.25, -0.2) is 0 Å². The first kappa shape index (κ1) is 12.8. The number of hydrogen-bond acceptors (Lipinski definition) is 3. The first-order valence-corrected chi connectivity index (χ1v) is 6.86. The van der Waals surface area contributed by atoms with Crippen LogP contribution in [0.15, 0.2) is 0 Å². The van der Waals surface area contributed by atoms with Gasteiger partial charge in [0.05, 0.1) is 0 Å². The normalized spacial score (nSPS) is 33.6. The average molecular weight is 240 g/mol. The van der Waals surface area contributed by atoms with E-state index >= 15 is 0 Å². The van der Waals surface area contributed by atoms with Crippen LogP contribution in [0.25, 0.3) is 0 Å². The number of ether oxygens (including phenoxy) is 1. The van der Waals surface area contributed by atoms with Crippen molar-refractivity contribution in [2.75, 3.05) is 26.3 Å². The quantitative estimate of drug-likeness (QED) is 0.768. The lowest BCUT2D eigenvalue weighted by atomic mass is 9.89. The summed E-state index contributed by atoms with van der Waals surface area (Å²) in [4.78, 5) is 12.0. The molecule has 2 fully saturated rings. The Kier molecular flexibility index (Phi) is 4.80. The zero-order chi connectivity index (χ0) is 12.1. The van der Waals surface area contributed by atoms with E-state index in [1.54, 1.807) is 0 Å². The predicted molar refractivity (Wildman–Crippen MR) is 66.7 cm³/mol. The summed E-state index contributed by atoms with van der Waals surface area (Å²) in [5.41, 5.74) is 0. The molecule has 0 aromatic carbocycles. The van der Waals surface area contributed by atoms with E-state index in [2.05, 4.69) is 17.6 Å². The molecule has 2 heterocycles. The second kappa shape index (κ2) is 6.36. The maximum absolute atomic E-state index is 12.0. The third-order valence-corrected chi connectivity index (χ3v) is 3.93. The van der Waals surface area contributed by atoms with E-state index in [1.807, 2.05) is 0 Å². The molecule has 2 N–H and O–H groups in total. The summed E-state index contributed by atoms with van der Waals surface area (Å²) in [6.45, 7) is 5.49. The van der Waals surface area contributed by atoms with Gasteiger partial charge in [-0.05, 0) is 38.1 Å². The average Bonchev–Trinajstić information content (AvgIpc) is 2.82. The Morgan fingerprint density at radius 1 is 1.47 bits per heavy atom. The maximum Gasteiger partial charge on any atom is 0.223 e. The first-order valence-electron chi connectivity index (χ1n) is 6.86. The van der Waals surface area contributed by atoms with Gasteiger partial charge in [-0.15, -0.1) is 0 Å². The van der Waals surface area contributed by atoms with E-state index in [0.717, 1.165) is 39.1 Å². The highest BCUT2D eigenvalue weighted by Crippen LogP contribution is 2.21. The van der Waals surface area contributed by atoms with Crippen LogP contribution in [0, 0.1) is 11.8 Å². The van der Waals surface area contributed by atoms with Gasteiger partial charge in [0.1, 0.15) is 0 Å². The first-order chi connectivity index (χ1) is 8.27. The molecule has 0 aromatic heterocycles. The summed E-state index contributed by atoms with van der Waals surface area (Å²) in [6.07, 6.45) is 4.46. The summed E-state index contributed by atoms with van der Waals surface area (Å²) in [7, 11) is 0. The third kappa shape index (κ3) is 3.68. The summed E-state index contributed by atoms with van der Waals surface area (Å²) in [5.74, 6) is 0.729. The fraction of sp³-hybridized carbons (Fsp3) is 0.923. The zero-order valence-electron chi connectivity index (χ0n) is 10.7. The van der Waals surface area contributed by atoms with Gasteiger partial charge >= 0.3 is 0 Å². The van der Waals surface area contributed by atoms with Crippen LogP contribution in [0.1, 0.15) is 32.6 Å². The van der Waals surface area contributed by atoms with Crippen molar-refractivity contribution in [2.45, 2.75) is 38.6 Å². The maximum atomic E-state index is 12.0. The van der Waals surface area contributed by atoms with E-state index in [4.69, 9.17) is 4.74 Å². The summed E-state index contributed by atoms with van der Waals surface area (Å²) in [6, 6.07) is 0.613. The number of carbonyl (C=O) groups is 1. The largest absolute Gasteiger partial charge is 0.381 e. The Bertz CT molecular complexity index is 252. The van der Waals surface area contributed by atoms with E-state index in [1.165, 1.54) is 12.8 Å². The fourth-order valence-electron chi connectivity index (χ4n) is 2.77. The van der Waals surface area contributed by atoms with Crippen LogP contribution in [-0.4, -0.2) is 38.3 Å². The molecule has 98 valence electrons. The number of carbonyl (C=O) groups excluding carboxylic acids is 1. The molecule has 2 rings (SSSR count). The zero-order valence-corrected chi connectivity index (χ0v) is 10.7. The van der Waals surface area contributed by atoms with Gasteiger partial charge in [0.15, 0.2) is 0 Å². The molecular weight excluding hydrogens is 216 g/mol. The van der Waals surface area contributed by atoms with Gasteiger partial charge < -0.3 is 15.4 Å². The predicted octanol–water partition coefficient (Wildman–Crippen LogP) is 0.917. The topological polar surface area (TPSA) is 50.4 Å². The van der Waals surface area contributed by atoms with E-state index < -0.39 is 0 Å². The molecule has 2 aliphatic rings. The fourth-order valence-corrected chi connectivity index (χ4v) is 2.77. The number of rotatable bonds is 4. The smallest absolute Gasteiger partial charge is 0.223 e. The van der Waals surface area contributed by atoms with Gasteiger partial charge in [-0.1, -0.05) is 6.92 Å². The SMILES string of the molecule is CC1COCCC1C(=O)NCC[C@@H]1CCCN1. The summed E-state index contributed by atoms with van der Waals surface area (Å²) < 4.78 is 5.36. The van der Waals surface area contributed by atoms with Crippen LogP contribution in [0.2, 0.25) is 0 Å². The number of amides is 1. The number of nitrogens with one attached hydrogen (secondary N) is 2. The molecule has 4 heteroatoms. The van der Waals surface area contributed by atoms with Crippen molar-refractivity contribution in [3.63, 3.8) is 0 Å². The summed E-state index contributed by atoms with van der Waals surface area (Å²) in [5, 5.41) is 6.52. The molecule has 4 nitrogen and oxygen atoms in total. The van der Waals surface area contributed by atoms with Crippen LogP contribution < -0.4 is 10.6 Å². The van der Waals surface area contributed by atoms with Crippen molar-refractivity contribution in [2.24, 2.45) is 11.8 Å². The van der Waals surface area contributed by atoms with Crippen LogP contribution >= 0.6 is 0 Å². The van der Waals surface area contributed by atoms with Gasteiger partial charge in [-0.3, -0.25) is 4.79 Å². The molecule has 0 aliphatic carbocycles. The lowest BCUT2D eigenvalue weighted by molar-refractivity contribution is -0.130. The third-order valence-electron chi connectivity index (χ3n) is 3.93. The Hall–Kier alpha value is -0.610. The van der Waals surface area contributed by atoms with Crippen LogP contribution in [0.4, 0.5) is 0 Å². The van der Waals surface area contributed by atoms with E-state index in [9.17, 15) is 4.79 Å². The molecule has 0 bridgehead atoms. The van der Waals surface area contributed by atoms with Gasteiger partial charge in [0.25, 0.3) is 0 Å². The number of hydrogen-bond donors (Lipinski definition) is 2. The molecule has 2 saturated heterocycles. The minimum absolute atomic E-state index is 0.153. The second-order valence-corrected chi connectivity index (χ2v) is 5.32. The molecular formula is C13H24N2O2. The van der Waals surface area contributed by atoms with Crippen molar-refractivity contribution < 1.29 is 9.53 Å². The molecule has 2 aliphatic heterocycles. The standard InChI is InChI=1S/C13H24N2O2/c1-10-9-17-8-5-12(10)13(16)15-7-4-11-3-2-6-14-11/h10-12,14H,2-9H2,1H3,(H,15,16)/t10?,11-,12?/m0/s1. The van der Waals surface area contributed by atoms with Gasteiger partial charge in [-0.2, -0.15) is 0 Å². The minimum Gasteiger partial charge on any atom is -0.381 e. The Balaban J connectivity index is 1.65. The highest BCUT2D eigenvalue weighted by molar-refractivity contribution is 5.78. The van der Waals surface area contributed by atoms with Gasteiger partial charge in [0, 0.05) is 31.7 Å². The summed E-state index contributed by atoms with van der Waals surface area (Å²) >= 11 is 0. The molecule has 0 spiro atoms.